The van der Waals surface area contributed by atoms with Crippen molar-refractivity contribution in [3.8, 4) is 0 Å². The fourth-order valence-electron chi connectivity index (χ4n) is 6.34. The average Bonchev–Trinajstić information content (AvgIpc) is 3.22. The minimum absolute atomic E-state index is 0.220. The number of nitrogens with zero attached hydrogens (tertiary/aromatic N) is 1. The molecule has 1 aromatic heterocycles. The molecule has 136 valence electrons. The van der Waals surface area contributed by atoms with E-state index >= 15 is 0 Å². The van der Waals surface area contributed by atoms with Crippen LogP contribution in [0.25, 0.3) is 5.57 Å². The van der Waals surface area contributed by atoms with Crippen molar-refractivity contribution < 1.29 is 0 Å². The molecular weight excluding hydrogens is 302 g/mol. The van der Waals surface area contributed by atoms with Gasteiger partial charge < -0.3 is 0 Å². The molecule has 4 rings (SSSR count). The zero-order valence-corrected chi connectivity index (χ0v) is 17.0. The molecule has 3 aliphatic carbocycles. The number of pyridine rings is 1. The van der Waals surface area contributed by atoms with Crippen LogP contribution in [0.5, 0.6) is 0 Å². The van der Waals surface area contributed by atoms with E-state index in [1.807, 2.05) is 26.1 Å². The van der Waals surface area contributed by atoms with Gasteiger partial charge in [0.1, 0.15) is 0 Å². The van der Waals surface area contributed by atoms with E-state index in [1.165, 1.54) is 30.4 Å². The lowest BCUT2D eigenvalue weighted by Gasteiger charge is -2.53. The molecule has 0 bridgehead atoms. The van der Waals surface area contributed by atoms with Crippen LogP contribution in [0.3, 0.4) is 0 Å². The molecule has 2 fully saturated rings. The van der Waals surface area contributed by atoms with Gasteiger partial charge in [-0.05, 0) is 65.2 Å². The van der Waals surface area contributed by atoms with Gasteiger partial charge in [-0.3, -0.25) is 4.98 Å². The van der Waals surface area contributed by atoms with Crippen LogP contribution in [0, 0.1) is 34.5 Å². The van der Waals surface area contributed by atoms with E-state index in [1.54, 1.807) is 0 Å². The van der Waals surface area contributed by atoms with Gasteiger partial charge in [0.05, 0.1) is 5.69 Å². The standard InChI is InChI=1S/C22H29N.C2H6/c1-6-9-17-14(2)12-18-19-13-16(20-10-7-8-11-23-20)15(3)21(17,4)22(18,19)5;1-2/h7-8,10-11,13-14,17-19H,3,6,9,12H2,1-2,4-5H3;1-2H3. The van der Waals surface area contributed by atoms with E-state index < -0.39 is 0 Å². The molecule has 0 aromatic carbocycles. The molecule has 25 heavy (non-hydrogen) atoms. The Balaban J connectivity index is 0.000000880. The van der Waals surface area contributed by atoms with E-state index in [0.717, 1.165) is 29.4 Å². The summed E-state index contributed by atoms with van der Waals surface area (Å²) < 4.78 is 0. The first-order valence-corrected chi connectivity index (χ1v) is 10.3. The van der Waals surface area contributed by atoms with Gasteiger partial charge in [-0.2, -0.15) is 0 Å². The predicted octanol–water partition coefficient (Wildman–Crippen LogP) is 6.78. The normalized spacial score (nSPS) is 41.2. The van der Waals surface area contributed by atoms with Crippen LogP contribution < -0.4 is 0 Å². The molecule has 0 amide bonds. The Morgan fingerprint density at radius 2 is 1.96 bits per heavy atom. The van der Waals surface area contributed by atoms with Gasteiger partial charge in [-0.25, -0.2) is 0 Å². The highest BCUT2D eigenvalue weighted by atomic mass is 14.8. The topological polar surface area (TPSA) is 12.9 Å². The summed E-state index contributed by atoms with van der Waals surface area (Å²) >= 11 is 0. The number of allylic oxidation sites excluding steroid dienone is 3. The van der Waals surface area contributed by atoms with Crippen molar-refractivity contribution in [2.45, 2.75) is 60.8 Å². The molecule has 0 spiro atoms. The van der Waals surface area contributed by atoms with Crippen molar-refractivity contribution >= 4 is 5.57 Å². The number of fused-ring (bicyclic) bond motifs is 1. The Labute approximate surface area is 154 Å². The van der Waals surface area contributed by atoms with Crippen molar-refractivity contribution in [2.24, 2.45) is 34.5 Å². The quantitative estimate of drug-likeness (QED) is 0.592. The van der Waals surface area contributed by atoms with Crippen LogP contribution in [0.4, 0.5) is 0 Å². The minimum atomic E-state index is 0.220. The van der Waals surface area contributed by atoms with Crippen LogP contribution >= 0.6 is 0 Å². The van der Waals surface area contributed by atoms with Crippen LogP contribution in [-0.4, -0.2) is 4.98 Å². The lowest BCUT2D eigenvalue weighted by atomic mass is 9.51. The van der Waals surface area contributed by atoms with Crippen molar-refractivity contribution in [1.82, 2.24) is 4.98 Å². The van der Waals surface area contributed by atoms with Gasteiger partial charge in [0.2, 0.25) is 0 Å². The van der Waals surface area contributed by atoms with Crippen LogP contribution in [0.1, 0.15) is 66.5 Å². The van der Waals surface area contributed by atoms with E-state index in [9.17, 15) is 0 Å². The summed E-state index contributed by atoms with van der Waals surface area (Å²) in [4.78, 5) is 4.63. The summed E-state index contributed by atoms with van der Waals surface area (Å²) in [6, 6.07) is 6.24. The summed E-state index contributed by atoms with van der Waals surface area (Å²) in [6.45, 7) is 18.5. The average molecular weight is 338 g/mol. The Hall–Kier alpha value is -1.37. The highest BCUT2D eigenvalue weighted by Gasteiger charge is 2.75. The van der Waals surface area contributed by atoms with E-state index in [-0.39, 0.29) is 5.41 Å². The fourth-order valence-corrected chi connectivity index (χ4v) is 6.34. The summed E-state index contributed by atoms with van der Waals surface area (Å²) in [5.74, 6) is 3.11. The largest absolute Gasteiger partial charge is 0.256 e. The lowest BCUT2D eigenvalue weighted by Crippen LogP contribution is -2.46. The van der Waals surface area contributed by atoms with E-state index in [2.05, 4.69) is 57.5 Å². The first-order chi connectivity index (χ1) is 12.0. The Kier molecular flexibility index (Phi) is 4.73. The number of aromatic nitrogens is 1. The van der Waals surface area contributed by atoms with Crippen molar-refractivity contribution in [3.63, 3.8) is 0 Å². The maximum Gasteiger partial charge on any atom is 0.0701 e. The third kappa shape index (κ3) is 2.31. The van der Waals surface area contributed by atoms with E-state index in [0.29, 0.717) is 5.41 Å². The summed E-state index contributed by atoms with van der Waals surface area (Å²) in [6.07, 6.45) is 8.40. The predicted molar refractivity (Wildman–Crippen MR) is 108 cm³/mol. The number of hydrogen-bond acceptors (Lipinski definition) is 1. The Morgan fingerprint density at radius 3 is 2.56 bits per heavy atom. The van der Waals surface area contributed by atoms with Crippen LogP contribution in [0.15, 0.2) is 42.6 Å². The number of hydrogen-bond donors (Lipinski definition) is 0. The third-order valence-corrected chi connectivity index (χ3v) is 7.80. The van der Waals surface area contributed by atoms with Gasteiger partial charge in [0.25, 0.3) is 0 Å². The molecule has 0 saturated heterocycles. The molecule has 1 aromatic rings. The highest BCUT2D eigenvalue weighted by molar-refractivity contribution is 5.81. The SMILES string of the molecule is C=C1C(c2ccccn2)=CC2C3CC(C)C(CCC)C1(C)C23C.CC. The van der Waals surface area contributed by atoms with Crippen LogP contribution in [0.2, 0.25) is 0 Å². The Morgan fingerprint density at radius 1 is 1.24 bits per heavy atom. The molecule has 0 N–H and O–H groups in total. The number of rotatable bonds is 3. The summed E-state index contributed by atoms with van der Waals surface area (Å²) in [5.41, 5.74) is 4.43. The molecule has 2 saturated carbocycles. The molecule has 1 nitrogen and oxygen atoms in total. The minimum Gasteiger partial charge on any atom is -0.256 e. The van der Waals surface area contributed by atoms with Crippen molar-refractivity contribution in [2.75, 3.05) is 0 Å². The van der Waals surface area contributed by atoms with Crippen molar-refractivity contribution in [1.29, 1.82) is 0 Å². The first kappa shape index (κ1) is 18.4. The molecule has 0 radical (unpaired) electrons. The Bertz CT molecular complexity index is 673. The highest BCUT2D eigenvalue weighted by Crippen LogP contribution is 2.81. The maximum atomic E-state index is 4.65. The third-order valence-electron chi connectivity index (χ3n) is 7.80. The second kappa shape index (κ2) is 6.41. The lowest BCUT2D eigenvalue weighted by molar-refractivity contribution is 0.0257. The van der Waals surface area contributed by atoms with E-state index in [4.69, 9.17) is 0 Å². The van der Waals surface area contributed by atoms with Crippen molar-refractivity contribution in [3.05, 3.63) is 48.3 Å². The molecule has 0 aliphatic heterocycles. The van der Waals surface area contributed by atoms with Crippen LogP contribution in [-0.2, 0) is 0 Å². The van der Waals surface area contributed by atoms with Gasteiger partial charge in [-0.1, -0.05) is 66.7 Å². The molecule has 1 heterocycles. The fraction of sp³-hybridized carbons (Fsp3) is 0.625. The smallest absolute Gasteiger partial charge is 0.0701 e. The monoisotopic (exact) mass is 337 g/mol. The zero-order chi connectivity index (χ0) is 18.4. The summed E-state index contributed by atoms with van der Waals surface area (Å²) in [7, 11) is 0. The second-order valence-electron chi connectivity index (χ2n) is 8.50. The van der Waals surface area contributed by atoms with Gasteiger partial charge in [0, 0.05) is 11.6 Å². The zero-order valence-electron chi connectivity index (χ0n) is 17.0. The summed E-state index contributed by atoms with van der Waals surface area (Å²) in [5, 5.41) is 0. The molecule has 6 atom stereocenters. The van der Waals surface area contributed by atoms with Gasteiger partial charge in [0.15, 0.2) is 0 Å². The molecule has 6 unspecified atom stereocenters. The molecule has 1 heteroatoms. The molecule has 3 aliphatic rings. The molecular formula is C24H35N. The van der Waals surface area contributed by atoms with Gasteiger partial charge >= 0.3 is 0 Å². The maximum absolute atomic E-state index is 4.65. The second-order valence-corrected chi connectivity index (χ2v) is 8.50. The van der Waals surface area contributed by atoms with Gasteiger partial charge in [-0.15, -0.1) is 0 Å². The first-order valence-electron chi connectivity index (χ1n) is 10.3.